The van der Waals surface area contributed by atoms with Crippen LogP contribution in [0.2, 0.25) is 0 Å². The molecule has 0 spiro atoms. The summed E-state index contributed by atoms with van der Waals surface area (Å²) in [5, 5.41) is 6.92. The summed E-state index contributed by atoms with van der Waals surface area (Å²) in [5.41, 5.74) is 7.02. The molecule has 2 rings (SSSR count). The van der Waals surface area contributed by atoms with Crippen LogP contribution in [-0.4, -0.2) is 15.7 Å². The van der Waals surface area contributed by atoms with Crippen molar-refractivity contribution in [1.29, 1.82) is 0 Å². The number of rotatable bonds is 3. The zero-order valence-electron chi connectivity index (χ0n) is 10.2. The van der Waals surface area contributed by atoms with Crippen molar-refractivity contribution in [3.05, 3.63) is 39.0 Å². The molecular formula is C12H12Br2N4O. The summed E-state index contributed by atoms with van der Waals surface area (Å²) in [5.74, 6) is -0.336. The minimum atomic E-state index is -0.336. The molecule has 1 amide bonds. The fraction of sp³-hybridized carbons (Fsp3) is 0.167. The molecule has 0 unspecified atom stereocenters. The van der Waals surface area contributed by atoms with Gasteiger partial charge in [0.2, 0.25) is 0 Å². The Hall–Kier alpha value is -1.34. The first-order valence-electron chi connectivity index (χ1n) is 5.61. The Morgan fingerprint density at radius 3 is 2.58 bits per heavy atom. The third kappa shape index (κ3) is 2.98. The number of hydrogen-bond donors (Lipinski definition) is 2. The van der Waals surface area contributed by atoms with Gasteiger partial charge in [0.1, 0.15) is 0 Å². The van der Waals surface area contributed by atoms with Gasteiger partial charge in [0.05, 0.1) is 11.4 Å². The Bertz CT molecular complexity index is 604. The van der Waals surface area contributed by atoms with Crippen LogP contribution < -0.4 is 11.1 Å². The monoisotopic (exact) mass is 386 g/mol. The molecule has 7 heteroatoms. The molecule has 3 N–H and O–H groups in total. The summed E-state index contributed by atoms with van der Waals surface area (Å²) in [6.45, 7) is 2.59. The number of para-hydroxylation sites is 1. The number of nitrogens with one attached hydrogen (secondary N) is 1. The molecule has 2 aromatic rings. The van der Waals surface area contributed by atoms with Crippen LogP contribution in [0.3, 0.4) is 0 Å². The van der Waals surface area contributed by atoms with Crippen LogP contribution in [0, 0.1) is 0 Å². The van der Waals surface area contributed by atoms with Crippen molar-refractivity contribution in [2.45, 2.75) is 13.5 Å². The molecule has 0 bridgehead atoms. The largest absolute Gasteiger partial charge is 0.396 e. The number of carbonyl (C=O) groups is 1. The Labute approximate surface area is 127 Å². The minimum absolute atomic E-state index is 0.226. The van der Waals surface area contributed by atoms with Crippen LogP contribution in [0.1, 0.15) is 17.4 Å². The van der Waals surface area contributed by atoms with Crippen LogP contribution >= 0.6 is 31.9 Å². The summed E-state index contributed by atoms with van der Waals surface area (Å²) in [4.78, 5) is 12.2. The smallest absolute Gasteiger partial charge is 0.278 e. The number of nitrogens with two attached hydrogens (primary N) is 1. The molecule has 0 aliphatic carbocycles. The van der Waals surface area contributed by atoms with Crippen LogP contribution in [0.5, 0.6) is 0 Å². The van der Waals surface area contributed by atoms with E-state index in [4.69, 9.17) is 5.73 Å². The van der Waals surface area contributed by atoms with Gasteiger partial charge in [0.25, 0.3) is 5.91 Å². The fourth-order valence-corrected chi connectivity index (χ4v) is 2.76. The van der Waals surface area contributed by atoms with Crippen molar-refractivity contribution in [3.63, 3.8) is 0 Å². The molecule has 19 heavy (non-hydrogen) atoms. The Kier molecular flexibility index (Phi) is 4.26. The normalized spacial score (nSPS) is 10.5. The fourth-order valence-electron chi connectivity index (χ4n) is 1.57. The minimum Gasteiger partial charge on any atom is -0.396 e. The van der Waals surface area contributed by atoms with Crippen molar-refractivity contribution >= 4 is 49.1 Å². The van der Waals surface area contributed by atoms with Gasteiger partial charge in [-0.1, -0.05) is 6.07 Å². The van der Waals surface area contributed by atoms with E-state index >= 15 is 0 Å². The third-order valence-electron chi connectivity index (χ3n) is 2.53. The predicted molar refractivity (Wildman–Crippen MR) is 82.1 cm³/mol. The Morgan fingerprint density at radius 1 is 1.42 bits per heavy atom. The van der Waals surface area contributed by atoms with E-state index < -0.39 is 0 Å². The second kappa shape index (κ2) is 5.75. The molecule has 0 atom stereocenters. The lowest BCUT2D eigenvalue weighted by molar-refractivity contribution is 0.102. The maximum absolute atomic E-state index is 12.2. The van der Waals surface area contributed by atoms with Crippen molar-refractivity contribution in [2.24, 2.45) is 0 Å². The zero-order chi connectivity index (χ0) is 14.0. The SMILES string of the molecule is CCn1cc(N)c(C(=O)Nc2c(Br)cccc2Br)n1. The van der Waals surface area contributed by atoms with E-state index in [1.807, 2.05) is 25.1 Å². The highest BCUT2D eigenvalue weighted by atomic mass is 79.9. The average Bonchev–Trinajstić information content (AvgIpc) is 2.75. The predicted octanol–water partition coefficient (Wildman–Crippen LogP) is 3.26. The topological polar surface area (TPSA) is 72.9 Å². The number of aromatic nitrogens is 2. The molecule has 0 radical (unpaired) electrons. The molecule has 1 heterocycles. The number of nitrogen functional groups attached to an aromatic ring is 1. The lowest BCUT2D eigenvalue weighted by atomic mass is 10.3. The second-order valence-corrected chi connectivity index (χ2v) is 5.55. The average molecular weight is 388 g/mol. The van der Waals surface area contributed by atoms with Crippen molar-refractivity contribution in [3.8, 4) is 0 Å². The summed E-state index contributed by atoms with van der Waals surface area (Å²) >= 11 is 6.77. The van der Waals surface area contributed by atoms with Gasteiger partial charge in [-0.25, -0.2) is 0 Å². The van der Waals surface area contributed by atoms with E-state index in [0.717, 1.165) is 8.95 Å². The first-order chi connectivity index (χ1) is 9.02. The summed E-state index contributed by atoms with van der Waals surface area (Å²) in [6.07, 6.45) is 1.64. The highest BCUT2D eigenvalue weighted by molar-refractivity contribution is 9.11. The molecular weight excluding hydrogens is 376 g/mol. The van der Waals surface area contributed by atoms with Gasteiger partial charge in [-0.05, 0) is 50.9 Å². The van der Waals surface area contributed by atoms with Crippen LogP contribution in [0.15, 0.2) is 33.3 Å². The van der Waals surface area contributed by atoms with E-state index in [2.05, 4.69) is 42.3 Å². The maximum atomic E-state index is 12.2. The molecule has 1 aromatic carbocycles. The third-order valence-corrected chi connectivity index (χ3v) is 3.85. The maximum Gasteiger partial charge on any atom is 0.278 e. The number of benzene rings is 1. The number of hydrogen-bond acceptors (Lipinski definition) is 3. The number of aryl methyl sites for hydroxylation is 1. The molecule has 1 aromatic heterocycles. The van der Waals surface area contributed by atoms with Gasteiger partial charge in [0.15, 0.2) is 5.69 Å². The highest BCUT2D eigenvalue weighted by Crippen LogP contribution is 2.31. The Morgan fingerprint density at radius 2 is 2.05 bits per heavy atom. The van der Waals surface area contributed by atoms with E-state index in [9.17, 15) is 4.79 Å². The highest BCUT2D eigenvalue weighted by Gasteiger charge is 2.16. The van der Waals surface area contributed by atoms with E-state index in [-0.39, 0.29) is 11.6 Å². The molecule has 100 valence electrons. The number of nitrogens with zero attached hydrogens (tertiary/aromatic N) is 2. The first kappa shape index (κ1) is 14.1. The number of halogens is 2. The molecule has 0 saturated heterocycles. The summed E-state index contributed by atoms with van der Waals surface area (Å²) < 4.78 is 3.19. The first-order valence-corrected chi connectivity index (χ1v) is 7.19. The molecule has 5 nitrogen and oxygen atoms in total. The second-order valence-electron chi connectivity index (χ2n) is 3.84. The van der Waals surface area contributed by atoms with Crippen LogP contribution in [0.4, 0.5) is 11.4 Å². The van der Waals surface area contributed by atoms with Gasteiger partial charge in [0, 0.05) is 21.7 Å². The van der Waals surface area contributed by atoms with Crippen molar-refractivity contribution < 1.29 is 4.79 Å². The van der Waals surface area contributed by atoms with Gasteiger partial charge in [-0.15, -0.1) is 0 Å². The molecule has 0 fully saturated rings. The molecule has 0 aliphatic rings. The lowest BCUT2D eigenvalue weighted by Crippen LogP contribution is -2.15. The molecule has 0 saturated carbocycles. The zero-order valence-corrected chi connectivity index (χ0v) is 13.3. The van der Waals surface area contributed by atoms with Gasteiger partial charge < -0.3 is 11.1 Å². The van der Waals surface area contributed by atoms with Gasteiger partial charge >= 0.3 is 0 Å². The lowest BCUT2D eigenvalue weighted by Gasteiger charge is -2.08. The number of amides is 1. The summed E-state index contributed by atoms with van der Waals surface area (Å²) in [6, 6.07) is 5.55. The van der Waals surface area contributed by atoms with E-state index in [0.29, 0.717) is 17.9 Å². The number of carbonyl (C=O) groups excluding carboxylic acids is 1. The van der Waals surface area contributed by atoms with E-state index in [1.165, 1.54) is 0 Å². The van der Waals surface area contributed by atoms with Gasteiger partial charge in [-0.2, -0.15) is 5.10 Å². The molecule has 0 aliphatic heterocycles. The van der Waals surface area contributed by atoms with Crippen molar-refractivity contribution in [2.75, 3.05) is 11.1 Å². The standard InChI is InChI=1S/C12H12Br2N4O/c1-2-18-6-9(15)11(17-18)12(19)16-10-7(13)4-3-5-8(10)14/h3-6H,2,15H2,1H3,(H,16,19). The van der Waals surface area contributed by atoms with Crippen LogP contribution in [0.25, 0.3) is 0 Å². The van der Waals surface area contributed by atoms with Crippen LogP contribution in [-0.2, 0) is 6.54 Å². The van der Waals surface area contributed by atoms with Crippen molar-refractivity contribution in [1.82, 2.24) is 9.78 Å². The van der Waals surface area contributed by atoms with E-state index in [1.54, 1.807) is 10.9 Å². The number of anilines is 2. The Balaban J connectivity index is 2.28. The quantitative estimate of drug-likeness (QED) is 0.848. The van der Waals surface area contributed by atoms with Gasteiger partial charge in [-0.3, -0.25) is 9.48 Å². The summed E-state index contributed by atoms with van der Waals surface area (Å²) in [7, 11) is 0.